The number of aliphatic hydroxyl groups excluding tert-OH is 1. The largest absolute Gasteiger partial charge is 0.390 e. The van der Waals surface area contributed by atoms with Crippen molar-refractivity contribution in [2.75, 3.05) is 20.1 Å². The maximum Gasteiger partial charge on any atom is 0.239 e. The third-order valence-corrected chi connectivity index (χ3v) is 4.82. The number of nitrogens with one attached hydrogen (secondary N) is 1. The van der Waals surface area contributed by atoms with Gasteiger partial charge < -0.3 is 15.3 Å². The van der Waals surface area contributed by atoms with Gasteiger partial charge in [-0.15, -0.1) is 0 Å². The van der Waals surface area contributed by atoms with E-state index in [1.54, 1.807) is 4.90 Å². The molecule has 19 heavy (non-hydrogen) atoms. The molecule has 2 aliphatic heterocycles. The molecule has 0 saturated carbocycles. The smallest absolute Gasteiger partial charge is 0.239 e. The molecule has 0 aliphatic carbocycles. The van der Waals surface area contributed by atoms with Gasteiger partial charge in [0, 0.05) is 32.2 Å². The molecule has 2 N–H and O–H groups in total. The second-order valence-electron chi connectivity index (χ2n) is 6.14. The fraction of sp³-hybridized carbons (Fsp3) is 0.929. The Balaban J connectivity index is 2.02. The standard InChI is InChI=1S/C14H27N3O2/c1-9-5-6-10(2)17(9)11(3)14(19)16(4)12-7-15-8-13(12)18/h9-13,15,18H,5-8H2,1-4H3/t9?,10?,11?,12-,13-/m1/s1. The highest BCUT2D eigenvalue weighted by Gasteiger charge is 2.38. The third kappa shape index (κ3) is 2.78. The number of nitrogens with zero attached hydrogens (tertiary/aromatic N) is 2. The quantitative estimate of drug-likeness (QED) is 0.759. The second kappa shape index (κ2) is 5.77. The van der Waals surface area contributed by atoms with Crippen molar-refractivity contribution in [1.82, 2.24) is 15.1 Å². The first-order valence-corrected chi connectivity index (χ1v) is 7.36. The molecule has 0 aromatic rings. The Morgan fingerprint density at radius 2 is 1.89 bits per heavy atom. The van der Waals surface area contributed by atoms with E-state index in [9.17, 15) is 9.90 Å². The minimum atomic E-state index is -0.449. The van der Waals surface area contributed by atoms with E-state index in [0.717, 1.165) is 12.8 Å². The van der Waals surface area contributed by atoms with Crippen LogP contribution in [0, 0.1) is 0 Å². The summed E-state index contributed by atoms with van der Waals surface area (Å²) in [7, 11) is 1.81. The summed E-state index contributed by atoms with van der Waals surface area (Å²) in [6.07, 6.45) is 1.88. The summed E-state index contributed by atoms with van der Waals surface area (Å²) in [5, 5.41) is 13.0. The summed E-state index contributed by atoms with van der Waals surface area (Å²) in [6.45, 7) is 7.64. The normalized spacial score (nSPS) is 37.5. The van der Waals surface area contributed by atoms with Gasteiger partial charge in [0.05, 0.1) is 18.2 Å². The summed E-state index contributed by atoms with van der Waals surface area (Å²) in [4.78, 5) is 16.6. The zero-order valence-corrected chi connectivity index (χ0v) is 12.5. The van der Waals surface area contributed by atoms with E-state index in [4.69, 9.17) is 0 Å². The molecule has 1 amide bonds. The van der Waals surface area contributed by atoms with Gasteiger partial charge in [-0.25, -0.2) is 0 Å². The summed E-state index contributed by atoms with van der Waals surface area (Å²) >= 11 is 0. The van der Waals surface area contributed by atoms with Gasteiger partial charge in [0.25, 0.3) is 0 Å². The first-order chi connectivity index (χ1) is 8.93. The monoisotopic (exact) mass is 269 g/mol. The van der Waals surface area contributed by atoms with Crippen LogP contribution in [0.25, 0.3) is 0 Å². The van der Waals surface area contributed by atoms with E-state index in [1.807, 2.05) is 14.0 Å². The van der Waals surface area contributed by atoms with E-state index in [-0.39, 0.29) is 18.0 Å². The number of likely N-dealkylation sites (tertiary alicyclic amines) is 1. The number of likely N-dealkylation sites (N-methyl/N-ethyl adjacent to an activating group) is 1. The van der Waals surface area contributed by atoms with Gasteiger partial charge in [0.1, 0.15) is 0 Å². The van der Waals surface area contributed by atoms with Gasteiger partial charge in [0.15, 0.2) is 0 Å². The lowest BCUT2D eigenvalue weighted by atomic mass is 10.1. The molecule has 2 fully saturated rings. The van der Waals surface area contributed by atoms with Crippen LogP contribution < -0.4 is 5.32 Å². The third-order valence-electron chi connectivity index (χ3n) is 4.82. The van der Waals surface area contributed by atoms with Crippen molar-refractivity contribution in [3.63, 3.8) is 0 Å². The number of hydrogen-bond acceptors (Lipinski definition) is 4. The number of aliphatic hydroxyl groups is 1. The molecule has 0 aromatic carbocycles. The lowest BCUT2D eigenvalue weighted by molar-refractivity contribution is -0.139. The van der Waals surface area contributed by atoms with Crippen LogP contribution in [0.2, 0.25) is 0 Å². The molecule has 0 radical (unpaired) electrons. The molecule has 5 heteroatoms. The minimum Gasteiger partial charge on any atom is -0.390 e. The zero-order chi connectivity index (χ0) is 14.2. The van der Waals surface area contributed by atoms with Crippen LogP contribution in [-0.4, -0.2) is 71.2 Å². The highest BCUT2D eigenvalue weighted by molar-refractivity contribution is 5.81. The lowest BCUT2D eigenvalue weighted by Crippen LogP contribution is -2.54. The Morgan fingerprint density at radius 3 is 2.37 bits per heavy atom. The lowest BCUT2D eigenvalue weighted by Gasteiger charge is -2.36. The van der Waals surface area contributed by atoms with Gasteiger partial charge in [0.2, 0.25) is 5.91 Å². The fourth-order valence-electron chi connectivity index (χ4n) is 3.61. The van der Waals surface area contributed by atoms with Crippen LogP contribution >= 0.6 is 0 Å². The SMILES string of the molecule is CC1CCC(C)N1C(C)C(=O)N(C)[C@@H]1CNC[C@H]1O. The van der Waals surface area contributed by atoms with Crippen LogP contribution in [0.4, 0.5) is 0 Å². The summed E-state index contributed by atoms with van der Waals surface area (Å²) in [5.41, 5.74) is 0. The number of carbonyl (C=O) groups is 1. The maximum absolute atomic E-state index is 12.6. The zero-order valence-electron chi connectivity index (χ0n) is 12.5. The van der Waals surface area contributed by atoms with Gasteiger partial charge >= 0.3 is 0 Å². The summed E-state index contributed by atoms with van der Waals surface area (Å²) in [5.74, 6) is 0.119. The van der Waals surface area contributed by atoms with E-state index < -0.39 is 6.10 Å². The molecule has 2 rings (SSSR count). The summed E-state index contributed by atoms with van der Waals surface area (Å²) in [6, 6.07) is 0.733. The second-order valence-corrected chi connectivity index (χ2v) is 6.14. The number of hydrogen-bond donors (Lipinski definition) is 2. The Bertz CT molecular complexity index is 327. The molecule has 0 bridgehead atoms. The summed E-state index contributed by atoms with van der Waals surface area (Å²) < 4.78 is 0. The van der Waals surface area contributed by atoms with E-state index >= 15 is 0 Å². The molecule has 0 spiro atoms. The topological polar surface area (TPSA) is 55.8 Å². The Kier molecular flexibility index (Phi) is 4.48. The molecule has 5 atom stereocenters. The number of β-amino-alcohol motifs (C(OH)–C–C–N with tert-alkyl or cyclic N) is 1. The average molecular weight is 269 g/mol. The molecule has 0 aromatic heterocycles. The fourth-order valence-corrected chi connectivity index (χ4v) is 3.61. The van der Waals surface area contributed by atoms with Gasteiger partial charge in [-0.05, 0) is 33.6 Å². The minimum absolute atomic E-state index is 0.0943. The van der Waals surface area contributed by atoms with Crippen LogP contribution in [0.15, 0.2) is 0 Å². The van der Waals surface area contributed by atoms with Crippen molar-refractivity contribution in [2.45, 2.75) is 63.9 Å². The Morgan fingerprint density at radius 1 is 1.32 bits per heavy atom. The van der Waals surface area contributed by atoms with Gasteiger partial charge in [-0.2, -0.15) is 0 Å². The van der Waals surface area contributed by atoms with E-state index in [0.29, 0.717) is 25.2 Å². The molecule has 2 saturated heterocycles. The van der Waals surface area contributed by atoms with E-state index in [2.05, 4.69) is 24.1 Å². The first kappa shape index (κ1) is 14.8. The predicted molar refractivity (Wildman–Crippen MR) is 74.9 cm³/mol. The molecular formula is C14H27N3O2. The van der Waals surface area contributed by atoms with Crippen LogP contribution in [0.1, 0.15) is 33.6 Å². The van der Waals surface area contributed by atoms with Crippen LogP contribution in [0.5, 0.6) is 0 Å². The highest BCUT2D eigenvalue weighted by Crippen LogP contribution is 2.27. The van der Waals surface area contributed by atoms with Crippen molar-refractivity contribution in [2.24, 2.45) is 0 Å². The molecule has 3 unspecified atom stereocenters. The molecule has 2 aliphatic rings. The molecule has 2 heterocycles. The molecule has 110 valence electrons. The van der Waals surface area contributed by atoms with Crippen LogP contribution in [-0.2, 0) is 4.79 Å². The molecular weight excluding hydrogens is 242 g/mol. The first-order valence-electron chi connectivity index (χ1n) is 7.36. The predicted octanol–water partition coefficient (Wildman–Crippen LogP) is 0.0388. The molecule has 5 nitrogen and oxygen atoms in total. The van der Waals surface area contributed by atoms with E-state index in [1.165, 1.54) is 0 Å². The van der Waals surface area contributed by atoms with Crippen LogP contribution in [0.3, 0.4) is 0 Å². The van der Waals surface area contributed by atoms with Crippen molar-refractivity contribution < 1.29 is 9.90 Å². The average Bonchev–Trinajstić information content (AvgIpc) is 2.93. The van der Waals surface area contributed by atoms with Crippen molar-refractivity contribution in [3.8, 4) is 0 Å². The number of rotatable bonds is 3. The highest BCUT2D eigenvalue weighted by atomic mass is 16.3. The van der Waals surface area contributed by atoms with Crippen molar-refractivity contribution in [1.29, 1.82) is 0 Å². The van der Waals surface area contributed by atoms with Gasteiger partial charge in [-0.3, -0.25) is 9.69 Å². The maximum atomic E-state index is 12.6. The Hall–Kier alpha value is -0.650. The van der Waals surface area contributed by atoms with Crippen molar-refractivity contribution >= 4 is 5.91 Å². The van der Waals surface area contributed by atoms with Gasteiger partial charge in [-0.1, -0.05) is 0 Å². The van der Waals surface area contributed by atoms with Crippen molar-refractivity contribution in [3.05, 3.63) is 0 Å². The number of carbonyl (C=O) groups excluding carboxylic acids is 1. The Labute approximate surface area is 115 Å². The number of amides is 1.